The summed E-state index contributed by atoms with van der Waals surface area (Å²) >= 11 is 0. The van der Waals surface area contributed by atoms with Crippen LogP contribution in [0.4, 0.5) is 13.2 Å². The van der Waals surface area contributed by atoms with E-state index in [1.54, 1.807) is 26.0 Å². The van der Waals surface area contributed by atoms with Crippen molar-refractivity contribution in [1.29, 1.82) is 0 Å². The van der Waals surface area contributed by atoms with Gasteiger partial charge < -0.3 is 9.47 Å². The molecule has 178 valence electrons. The molecule has 2 aromatic heterocycles. The molecule has 3 rings (SSSR count). The van der Waals surface area contributed by atoms with Crippen LogP contribution in [-0.2, 0) is 17.6 Å². The molecule has 0 aliphatic rings. The first-order valence-corrected chi connectivity index (χ1v) is 14.2. The van der Waals surface area contributed by atoms with Crippen molar-refractivity contribution >= 4 is 19.0 Å². The molecule has 6 nitrogen and oxygen atoms in total. The van der Waals surface area contributed by atoms with Crippen molar-refractivity contribution in [1.82, 2.24) is 14.5 Å². The highest BCUT2D eigenvalue weighted by atomic mass is 28.3. The van der Waals surface area contributed by atoms with Gasteiger partial charge in [-0.3, -0.25) is 9.36 Å². The summed E-state index contributed by atoms with van der Waals surface area (Å²) in [5.74, 6) is 0.507. The number of halogens is 3. The van der Waals surface area contributed by atoms with Crippen LogP contribution in [0.3, 0.4) is 0 Å². The van der Waals surface area contributed by atoms with Gasteiger partial charge in [-0.15, -0.1) is 0 Å². The van der Waals surface area contributed by atoms with Crippen molar-refractivity contribution in [2.45, 2.75) is 52.4 Å². The van der Waals surface area contributed by atoms with E-state index in [0.717, 1.165) is 12.1 Å². The third-order valence-corrected chi connectivity index (χ3v) is 7.11. The van der Waals surface area contributed by atoms with Gasteiger partial charge >= 0.3 is 6.18 Å². The number of aromatic nitrogens is 3. The summed E-state index contributed by atoms with van der Waals surface area (Å²) in [5, 5.41) is -0.162. The highest BCUT2D eigenvalue weighted by Crippen LogP contribution is 2.37. The first kappa shape index (κ1) is 24.9. The number of aryl methyl sites for hydroxylation is 1. The van der Waals surface area contributed by atoms with Crippen molar-refractivity contribution in [2.75, 3.05) is 13.7 Å². The number of rotatable bonds is 7. The van der Waals surface area contributed by atoms with Gasteiger partial charge in [0.1, 0.15) is 30.0 Å². The Labute approximate surface area is 191 Å². The molecule has 2 heterocycles. The Morgan fingerprint density at radius 1 is 1.15 bits per heavy atom. The lowest BCUT2D eigenvalue weighted by molar-refractivity contribution is -0.141. The lowest BCUT2D eigenvalue weighted by atomic mass is 9.97. The molecule has 0 saturated carbocycles. The smallest absolute Gasteiger partial charge is 0.433 e. The van der Waals surface area contributed by atoms with Gasteiger partial charge in [0.25, 0.3) is 5.56 Å². The number of pyridine rings is 1. The SMILES string of the molecule is COc1ccc(C)c(-c2nc(C(F)(F)F)cc3c(=O)n(COCC[Si](C)(C)C)cnc23)c1C. The Bertz CT molecular complexity index is 1230. The number of fused-ring (bicyclic) bond motifs is 1. The zero-order valence-electron chi connectivity index (χ0n) is 19.6. The molecule has 0 radical (unpaired) electrons. The number of benzene rings is 1. The summed E-state index contributed by atoms with van der Waals surface area (Å²) < 4.78 is 53.3. The van der Waals surface area contributed by atoms with E-state index in [0.29, 0.717) is 29.0 Å². The minimum atomic E-state index is -4.73. The van der Waals surface area contributed by atoms with Crippen molar-refractivity contribution in [2.24, 2.45) is 0 Å². The summed E-state index contributed by atoms with van der Waals surface area (Å²) in [4.78, 5) is 21.3. The largest absolute Gasteiger partial charge is 0.496 e. The van der Waals surface area contributed by atoms with Crippen molar-refractivity contribution in [3.8, 4) is 17.0 Å². The topological polar surface area (TPSA) is 66.2 Å². The van der Waals surface area contributed by atoms with Crippen molar-refractivity contribution in [3.05, 3.63) is 51.7 Å². The first-order chi connectivity index (χ1) is 15.3. The van der Waals surface area contributed by atoms with Crippen LogP contribution in [0.2, 0.25) is 25.7 Å². The maximum atomic E-state index is 13.7. The number of hydrogen-bond donors (Lipinski definition) is 0. The van der Waals surface area contributed by atoms with Crippen molar-refractivity contribution < 1.29 is 22.6 Å². The quantitative estimate of drug-likeness (QED) is 0.335. The minimum absolute atomic E-state index is 0.00220. The van der Waals surface area contributed by atoms with Gasteiger partial charge in [0.05, 0.1) is 18.2 Å². The molecule has 0 bridgehead atoms. The molecule has 0 aliphatic carbocycles. The van der Waals surface area contributed by atoms with Crippen molar-refractivity contribution in [3.63, 3.8) is 0 Å². The molecular weight excluding hydrogens is 451 g/mol. The standard InChI is InChI=1S/C23H28F3N3O3Si/c1-14-7-8-17(31-3)15(2)19(14)21-20-16(11-18(28-21)23(24,25)26)22(30)29(12-27-20)13-32-9-10-33(4,5)6/h7-8,11-12H,9-10,13H2,1-6H3. The van der Waals surface area contributed by atoms with E-state index in [-0.39, 0.29) is 23.3 Å². The fraction of sp³-hybridized carbons (Fsp3) is 0.435. The van der Waals surface area contributed by atoms with Gasteiger partial charge in [0.2, 0.25) is 0 Å². The number of methoxy groups -OCH3 is 1. The first-order valence-electron chi connectivity index (χ1n) is 10.5. The van der Waals surface area contributed by atoms with Crippen LogP contribution in [0, 0.1) is 13.8 Å². The molecule has 0 unspecified atom stereocenters. The Kier molecular flexibility index (Phi) is 6.99. The van der Waals surface area contributed by atoms with Gasteiger partial charge in [0, 0.05) is 25.8 Å². The van der Waals surface area contributed by atoms with E-state index in [2.05, 4.69) is 29.6 Å². The van der Waals surface area contributed by atoms with E-state index in [1.807, 2.05) is 0 Å². The average molecular weight is 480 g/mol. The Morgan fingerprint density at radius 3 is 2.45 bits per heavy atom. The third kappa shape index (κ3) is 5.44. The molecule has 0 fully saturated rings. The maximum absolute atomic E-state index is 13.7. The maximum Gasteiger partial charge on any atom is 0.433 e. The van der Waals surface area contributed by atoms with Crippen LogP contribution in [0.15, 0.2) is 29.3 Å². The number of nitrogens with zero attached hydrogens (tertiary/aromatic N) is 3. The fourth-order valence-corrected chi connectivity index (χ4v) is 4.29. The summed E-state index contributed by atoms with van der Waals surface area (Å²) in [5.41, 5.74) is 0.113. The summed E-state index contributed by atoms with van der Waals surface area (Å²) in [6.45, 7) is 10.5. The summed E-state index contributed by atoms with van der Waals surface area (Å²) in [7, 11) is 0.168. The molecule has 0 saturated heterocycles. The predicted octanol–water partition coefficient (Wildman–Crippen LogP) is 5.42. The van der Waals surface area contributed by atoms with Crippen LogP contribution in [0.25, 0.3) is 22.2 Å². The van der Waals surface area contributed by atoms with Gasteiger partial charge in [-0.2, -0.15) is 13.2 Å². The Morgan fingerprint density at radius 2 is 1.85 bits per heavy atom. The molecule has 10 heteroatoms. The summed E-state index contributed by atoms with van der Waals surface area (Å²) in [6.07, 6.45) is -3.44. The zero-order chi connectivity index (χ0) is 24.6. The fourth-order valence-electron chi connectivity index (χ4n) is 3.53. The molecule has 3 aromatic rings. The van der Waals surface area contributed by atoms with Crippen LogP contribution in [-0.4, -0.2) is 36.3 Å². The van der Waals surface area contributed by atoms with E-state index < -0.39 is 25.5 Å². The number of hydrogen-bond acceptors (Lipinski definition) is 5. The molecule has 33 heavy (non-hydrogen) atoms. The van der Waals surface area contributed by atoms with Gasteiger partial charge in [-0.05, 0) is 37.6 Å². The second kappa shape index (κ2) is 9.26. The van der Waals surface area contributed by atoms with Crippen LogP contribution in [0.5, 0.6) is 5.75 Å². The van der Waals surface area contributed by atoms with Gasteiger partial charge in [-0.1, -0.05) is 25.7 Å². The minimum Gasteiger partial charge on any atom is -0.496 e. The van der Waals surface area contributed by atoms with E-state index >= 15 is 0 Å². The van der Waals surface area contributed by atoms with E-state index in [4.69, 9.17) is 9.47 Å². The molecular formula is C23H28F3N3O3Si. The lowest BCUT2D eigenvalue weighted by Crippen LogP contribution is -2.25. The third-order valence-electron chi connectivity index (χ3n) is 5.41. The normalized spacial score (nSPS) is 12.4. The number of ether oxygens (including phenoxy) is 2. The Hall–Kier alpha value is -2.72. The van der Waals surface area contributed by atoms with Crippen LogP contribution in [0.1, 0.15) is 16.8 Å². The van der Waals surface area contributed by atoms with Crippen LogP contribution >= 0.6 is 0 Å². The molecule has 0 aliphatic heterocycles. The monoisotopic (exact) mass is 479 g/mol. The molecule has 0 amide bonds. The molecule has 1 aromatic carbocycles. The molecule has 0 N–H and O–H groups in total. The highest BCUT2D eigenvalue weighted by Gasteiger charge is 2.34. The lowest BCUT2D eigenvalue weighted by Gasteiger charge is -2.17. The second-order valence-corrected chi connectivity index (χ2v) is 14.8. The summed E-state index contributed by atoms with van der Waals surface area (Å²) in [6, 6.07) is 5.14. The van der Waals surface area contributed by atoms with Gasteiger partial charge in [-0.25, -0.2) is 9.97 Å². The second-order valence-electron chi connectivity index (χ2n) is 9.20. The zero-order valence-corrected chi connectivity index (χ0v) is 20.6. The van der Waals surface area contributed by atoms with Gasteiger partial charge in [0.15, 0.2) is 0 Å². The van der Waals surface area contributed by atoms with E-state index in [1.165, 1.54) is 18.0 Å². The number of alkyl halides is 3. The molecule has 0 atom stereocenters. The molecule has 0 spiro atoms. The average Bonchev–Trinajstić information content (AvgIpc) is 2.71. The van der Waals surface area contributed by atoms with E-state index in [9.17, 15) is 18.0 Å². The Balaban J connectivity index is 2.18. The predicted molar refractivity (Wildman–Crippen MR) is 124 cm³/mol. The van der Waals surface area contributed by atoms with Crippen LogP contribution < -0.4 is 10.3 Å². The highest BCUT2D eigenvalue weighted by molar-refractivity contribution is 6.76.